The average Bonchev–Trinajstić information content (AvgIpc) is 1.61. The first kappa shape index (κ1) is 6.50. The summed E-state index contributed by atoms with van der Waals surface area (Å²) < 4.78 is 0. The zero-order valence-electron chi connectivity index (χ0n) is 3.67. The smallest absolute Gasteiger partial charge is 0.382 e. The Labute approximate surface area is 44.7 Å². The summed E-state index contributed by atoms with van der Waals surface area (Å²) in [5.41, 5.74) is 0. The van der Waals surface area contributed by atoms with Gasteiger partial charge in [-0.2, -0.15) is 0 Å². The number of hydrogen-bond donors (Lipinski definition) is 1. The van der Waals surface area contributed by atoms with Gasteiger partial charge in [0.25, 0.3) is 0 Å². The lowest BCUT2D eigenvalue weighted by Crippen LogP contribution is -2.19. The lowest BCUT2D eigenvalue weighted by Gasteiger charge is -1.79. The van der Waals surface area contributed by atoms with Gasteiger partial charge in [-0.15, -0.1) is 0 Å². The maximum absolute atomic E-state index is 9.44. The van der Waals surface area contributed by atoms with Crippen LogP contribution in [0.5, 0.6) is 0 Å². The Balaban J connectivity index is 3.87. The van der Waals surface area contributed by atoms with E-state index in [1.165, 1.54) is 11.8 Å². The van der Waals surface area contributed by atoms with Crippen LogP contribution in [-0.4, -0.2) is 17.0 Å². The lowest BCUT2D eigenvalue weighted by atomic mass is 10.6. The van der Waals surface area contributed by atoms with E-state index in [1.54, 1.807) is 0 Å². The molecule has 0 aromatic rings. The van der Waals surface area contributed by atoms with E-state index >= 15 is 0 Å². The lowest BCUT2D eigenvalue weighted by molar-refractivity contribution is -0.295. The van der Waals surface area contributed by atoms with Crippen molar-refractivity contribution in [2.75, 3.05) is 0 Å². The van der Waals surface area contributed by atoms with Crippen molar-refractivity contribution in [3.8, 4) is 11.8 Å². The molecule has 0 atom stereocenters. The Morgan fingerprint density at radius 1 is 1.38 bits per heavy atom. The van der Waals surface area contributed by atoms with Crippen LogP contribution in [0.4, 0.5) is 0 Å². The summed E-state index contributed by atoms with van der Waals surface area (Å²) in [6.07, 6.45) is 0. The van der Waals surface area contributed by atoms with Crippen LogP contribution in [0.2, 0.25) is 0 Å². The first-order chi connectivity index (χ1) is 3.63. The highest BCUT2D eigenvalue weighted by Crippen LogP contribution is 1.54. The maximum Gasteiger partial charge on any atom is 0.382 e. The van der Waals surface area contributed by atoms with Crippen LogP contribution in [0.3, 0.4) is 0 Å². The van der Waals surface area contributed by atoms with Crippen LogP contribution in [0.25, 0.3) is 0 Å². The molecule has 4 nitrogen and oxygen atoms in total. The zero-order valence-corrected chi connectivity index (χ0v) is 3.67. The fraction of sp³-hybridized carbons (Fsp3) is 0. The summed E-state index contributed by atoms with van der Waals surface area (Å²) >= 11 is 0. The Morgan fingerprint density at radius 2 is 1.88 bits per heavy atom. The fourth-order valence-corrected chi connectivity index (χ4v) is 0.104. The predicted octanol–water partition coefficient (Wildman–Crippen LogP) is -2.18. The molecule has 0 rings (SSSR count). The minimum absolute atomic E-state index is 1.30. The maximum atomic E-state index is 9.44. The number of carboxylic acid groups (broad SMARTS) is 2. The van der Waals surface area contributed by atoms with E-state index in [1.807, 2.05) is 0 Å². The molecule has 0 aromatic carbocycles. The van der Waals surface area contributed by atoms with Crippen molar-refractivity contribution in [2.45, 2.75) is 0 Å². The van der Waals surface area contributed by atoms with Crippen molar-refractivity contribution in [1.82, 2.24) is 0 Å². The van der Waals surface area contributed by atoms with E-state index in [0.29, 0.717) is 0 Å². The molecular formula is C4HO4-. The van der Waals surface area contributed by atoms with Crippen LogP contribution < -0.4 is 5.11 Å². The van der Waals surface area contributed by atoms with Gasteiger partial charge in [-0.05, 0) is 5.92 Å². The Kier molecular flexibility index (Phi) is 2.14. The molecule has 0 radical (unpaired) electrons. The van der Waals surface area contributed by atoms with Gasteiger partial charge >= 0.3 is 5.97 Å². The molecule has 4 heteroatoms. The standard InChI is InChI=1S/C4H2O4/c5-3(6)1-2-4(7)8/h(H,5,6)(H,7,8)/p-1. The Bertz CT molecular complexity index is 152. The summed E-state index contributed by atoms with van der Waals surface area (Å²) in [4.78, 5) is 18.8. The molecule has 42 valence electrons. The molecule has 0 saturated heterocycles. The van der Waals surface area contributed by atoms with Gasteiger partial charge in [-0.1, -0.05) is 0 Å². The zero-order chi connectivity index (χ0) is 6.57. The van der Waals surface area contributed by atoms with Crippen LogP contribution >= 0.6 is 0 Å². The molecule has 0 aliphatic rings. The van der Waals surface area contributed by atoms with Gasteiger partial charge in [0.15, 0.2) is 0 Å². The topological polar surface area (TPSA) is 77.4 Å². The third-order valence-electron chi connectivity index (χ3n) is 0.271. The minimum Gasteiger partial charge on any atom is -0.537 e. The summed E-state index contributed by atoms with van der Waals surface area (Å²) in [5.74, 6) is -0.515. The van der Waals surface area contributed by atoms with E-state index in [-0.39, 0.29) is 0 Å². The molecule has 0 amide bonds. The second-order valence-electron chi connectivity index (χ2n) is 0.843. The molecule has 1 N–H and O–H groups in total. The van der Waals surface area contributed by atoms with Crippen molar-refractivity contribution in [2.24, 2.45) is 0 Å². The molecular weight excluding hydrogens is 112 g/mol. The molecule has 0 aliphatic carbocycles. The van der Waals surface area contributed by atoms with Gasteiger partial charge in [0.1, 0.15) is 5.97 Å². The van der Waals surface area contributed by atoms with Crippen LogP contribution in [0, 0.1) is 11.8 Å². The van der Waals surface area contributed by atoms with E-state index in [9.17, 15) is 14.7 Å². The summed E-state index contributed by atoms with van der Waals surface area (Å²) in [5, 5.41) is 17.1. The number of carbonyl (C=O) groups excluding carboxylic acids is 1. The quantitative estimate of drug-likeness (QED) is 0.362. The van der Waals surface area contributed by atoms with E-state index in [2.05, 4.69) is 0 Å². The van der Waals surface area contributed by atoms with E-state index in [4.69, 9.17) is 5.11 Å². The minimum atomic E-state index is -1.69. The third-order valence-corrected chi connectivity index (χ3v) is 0.271. The molecule has 0 aliphatic heterocycles. The van der Waals surface area contributed by atoms with Crippen molar-refractivity contribution in [3.05, 3.63) is 0 Å². The highest BCUT2D eigenvalue weighted by atomic mass is 16.4. The van der Waals surface area contributed by atoms with Gasteiger partial charge in [-0.25, -0.2) is 4.79 Å². The van der Waals surface area contributed by atoms with Crippen molar-refractivity contribution in [1.29, 1.82) is 0 Å². The number of aliphatic carboxylic acids is 2. The van der Waals surface area contributed by atoms with Crippen LogP contribution in [0.1, 0.15) is 0 Å². The Hall–Kier alpha value is -1.50. The summed E-state index contributed by atoms with van der Waals surface area (Å²) in [7, 11) is 0. The molecule has 0 saturated carbocycles. The van der Waals surface area contributed by atoms with Crippen molar-refractivity contribution < 1.29 is 19.8 Å². The number of hydrogen-bond acceptors (Lipinski definition) is 3. The van der Waals surface area contributed by atoms with E-state index < -0.39 is 11.9 Å². The highest BCUT2D eigenvalue weighted by molar-refractivity contribution is 5.95. The number of carboxylic acids is 2. The predicted molar refractivity (Wildman–Crippen MR) is 20.4 cm³/mol. The first-order valence-corrected chi connectivity index (χ1v) is 1.59. The average molecular weight is 113 g/mol. The summed E-state index contributed by atoms with van der Waals surface area (Å²) in [6.45, 7) is 0. The molecule has 0 heterocycles. The van der Waals surface area contributed by atoms with Gasteiger partial charge in [0, 0.05) is 5.92 Å². The van der Waals surface area contributed by atoms with Crippen molar-refractivity contribution in [3.63, 3.8) is 0 Å². The summed E-state index contributed by atoms with van der Waals surface area (Å²) in [6, 6.07) is 0. The van der Waals surface area contributed by atoms with Gasteiger partial charge in [0.05, 0.1) is 0 Å². The third kappa shape index (κ3) is 4.50. The molecule has 8 heavy (non-hydrogen) atoms. The monoisotopic (exact) mass is 113 g/mol. The fourth-order valence-electron chi connectivity index (χ4n) is 0.104. The van der Waals surface area contributed by atoms with Gasteiger partial charge < -0.3 is 15.0 Å². The normalized spacial score (nSPS) is 6.50. The van der Waals surface area contributed by atoms with Crippen LogP contribution in [0.15, 0.2) is 0 Å². The van der Waals surface area contributed by atoms with Crippen molar-refractivity contribution >= 4 is 11.9 Å². The second-order valence-corrected chi connectivity index (χ2v) is 0.843. The van der Waals surface area contributed by atoms with Gasteiger partial charge in [-0.3, -0.25) is 0 Å². The molecule has 0 fully saturated rings. The second kappa shape index (κ2) is 2.64. The Morgan fingerprint density at radius 3 is 2.00 bits per heavy atom. The van der Waals surface area contributed by atoms with Gasteiger partial charge in [0.2, 0.25) is 0 Å². The molecule has 0 aromatic heterocycles. The largest absolute Gasteiger partial charge is 0.537 e. The SMILES string of the molecule is O=C([O-])C#CC(=O)O. The van der Waals surface area contributed by atoms with E-state index in [0.717, 1.165) is 0 Å². The molecule has 0 unspecified atom stereocenters. The molecule has 0 spiro atoms. The highest BCUT2D eigenvalue weighted by Gasteiger charge is 1.80. The molecule has 0 bridgehead atoms. The first-order valence-electron chi connectivity index (χ1n) is 1.59. The number of rotatable bonds is 0. The number of carbonyl (C=O) groups is 2. The van der Waals surface area contributed by atoms with Crippen LogP contribution in [-0.2, 0) is 9.59 Å².